The standard InChI is InChI=1S/C16H24N2O2S/c1-20-10-9-18-8-6-16(15(18)19)5-3-7-17(13-16)12-14-4-2-11-21-14/h2,4,11H,3,5-10,12-13H2,1H3/t16-/m0/s1. The topological polar surface area (TPSA) is 32.8 Å². The zero-order valence-electron chi connectivity index (χ0n) is 12.7. The lowest BCUT2D eigenvalue weighted by Crippen LogP contribution is -2.47. The highest BCUT2D eigenvalue weighted by atomic mass is 32.1. The minimum Gasteiger partial charge on any atom is -0.383 e. The Morgan fingerprint density at radius 2 is 2.29 bits per heavy atom. The number of hydrogen-bond donors (Lipinski definition) is 0. The Labute approximate surface area is 130 Å². The van der Waals surface area contributed by atoms with Crippen molar-refractivity contribution in [3.63, 3.8) is 0 Å². The third-order valence-corrected chi connectivity index (χ3v) is 5.64. The van der Waals surface area contributed by atoms with Gasteiger partial charge in [-0.2, -0.15) is 0 Å². The van der Waals surface area contributed by atoms with Crippen molar-refractivity contribution in [1.29, 1.82) is 0 Å². The summed E-state index contributed by atoms with van der Waals surface area (Å²) in [5.41, 5.74) is -0.122. The zero-order chi connectivity index (χ0) is 14.7. The molecule has 3 heterocycles. The highest BCUT2D eigenvalue weighted by Gasteiger charge is 2.48. The molecule has 0 saturated carbocycles. The van der Waals surface area contributed by atoms with E-state index in [-0.39, 0.29) is 5.41 Å². The Morgan fingerprint density at radius 1 is 1.38 bits per heavy atom. The smallest absolute Gasteiger partial charge is 0.230 e. The summed E-state index contributed by atoms with van der Waals surface area (Å²) >= 11 is 1.81. The van der Waals surface area contributed by atoms with Gasteiger partial charge in [-0.1, -0.05) is 6.07 Å². The molecule has 116 valence electrons. The molecule has 0 aromatic carbocycles. The molecule has 0 N–H and O–H groups in total. The summed E-state index contributed by atoms with van der Waals surface area (Å²) < 4.78 is 5.12. The number of ether oxygens (including phenoxy) is 1. The lowest BCUT2D eigenvalue weighted by Gasteiger charge is -2.38. The molecule has 1 amide bonds. The average molecular weight is 308 g/mol. The number of carbonyl (C=O) groups excluding carboxylic acids is 1. The van der Waals surface area contributed by atoms with E-state index in [4.69, 9.17) is 4.74 Å². The van der Waals surface area contributed by atoms with Crippen molar-refractivity contribution in [2.45, 2.75) is 25.8 Å². The first-order valence-electron chi connectivity index (χ1n) is 7.77. The molecule has 0 bridgehead atoms. The van der Waals surface area contributed by atoms with Crippen molar-refractivity contribution < 1.29 is 9.53 Å². The first-order valence-corrected chi connectivity index (χ1v) is 8.64. The lowest BCUT2D eigenvalue weighted by atomic mass is 9.78. The summed E-state index contributed by atoms with van der Waals surface area (Å²) in [7, 11) is 1.69. The van der Waals surface area contributed by atoms with Gasteiger partial charge >= 0.3 is 0 Å². The fraction of sp³-hybridized carbons (Fsp3) is 0.688. The summed E-state index contributed by atoms with van der Waals surface area (Å²) in [6.45, 7) is 5.31. The first kappa shape index (κ1) is 15.0. The Balaban J connectivity index is 1.63. The summed E-state index contributed by atoms with van der Waals surface area (Å²) in [4.78, 5) is 18.6. The van der Waals surface area contributed by atoms with Gasteiger partial charge in [0.25, 0.3) is 0 Å². The van der Waals surface area contributed by atoms with Gasteiger partial charge in [-0.05, 0) is 37.3 Å². The number of carbonyl (C=O) groups is 1. The number of rotatable bonds is 5. The molecule has 3 rings (SSSR count). The maximum absolute atomic E-state index is 12.8. The largest absolute Gasteiger partial charge is 0.383 e. The number of nitrogens with zero attached hydrogens (tertiary/aromatic N) is 2. The van der Waals surface area contributed by atoms with Crippen LogP contribution in [0.2, 0.25) is 0 Å². The van der Waals surface area contributed by atoms with Crippen molar-refractivity contribution in [1.82, 2.24) is 9.80 Å². The molecule has 21 heavy (non-hydrogen) atoms. The van der Waals surface area contributed by atoms with Crippen LogP contribution in [0, 0.1) is 5.41 Å². The van der Waals surface area contributed by atoms with Gasteiger partial charge in [-0.3, -0.25) is 9.69 Å². The highest BCUT2D eigenvalue weighted by molar-refractivity contribution is 7.09. The molecule has 1 aromatic rings. The molecule has 2 saturated heterocycles. The second-order valence-corrected chi connectivity index (χ2v) is 7.24. The van der Waals surface area contributed by atoms with Crippen LogP contribution in [0.4, 0.5) is 0 Å². The molecule has 1 aromatic heterocycles. The quantitative estimate of drug-likeness (QED) is 0.836. The van der Waals surface area contributed by atoms with Gasteiger partial charge in [0.2, 0.25) is 5.91 Å². The van der Waals surface area contributed by atoms with Gasteiger partial charge in [0.05, 0.1) is 12.0 Å². The van der Waals surface area contributed by atoms with Crippen molar-refractivity contribution in [3.8, 4) is 0 Å². The van der Waals surface area contributed by atoms with Crippen LogP contribution in [0.25, 0.3) is 0 Å². The molecule has 5 heteroatoms. The van der Waals surface area contributed by atoms with E-state index in [9.17, 15) is 4.79 Å². The van der Waals surface area contributed by atoms with E-state index in [1.54, 1.807) is 18.4 Å². The summed E-state index contributed by atoms with van der Waals surface area (Å²) in [6, 6.07) is 4.29. The van der Waals surface area contributed by atoms with Crippen LogP contribution in [0.3, 0.4) is 0 Å². The second kappa shape index (κ2) is 6.46. The zero-order valence-corrected chi connectivity index (χ0v) is 13.5. The SMILES string of the molecule is COCCN1CC[C@]2(CCCN(Cc3cccs3)C2)C1=O. The van der Waals surface area contributed by atoms with Crippen LogP contribution in [0.5, 0.6) is 0 Å². The summed E-state index contributed by atoms with van der Waals surface area (Å²) in [5.74, 6) is 0.357. The molecule has 0 aliphatic carbocycles. The van der Waals surface area contributed by atoms with Crippen LogP contribution in [0.1, 0.15) is 24.1 Å². The van der Waals surface area contributed by atoms with E-state index >= 15 is 0 Å². The molecular weight excluding hydrogens is 284 g/mol. The third kappa shape index (κ3) is 3.15. The van der Waals surface area contributed by atoms with Crippen molar-refractivity contribution in [3.05, 3.63) is 22.4 Å². The van der Waals surface area contributed by atoms with Crippen molar-refractivity contribution in [2.75, 3.05) is 39.9 Å². The van der Waals surface area contributed by atoms with Crippen molar-refractivity contribution in [2.24, 2.45) is 5.41 Å². The van der Waals surface area contributed by atoms with E-state index in [1.165, 1.54) is 4.88 Å². The van der Waals surface area contributed by atoms with Crippen LogP contribution in [-0.4, -0.2) is 55.6 Å². The number of methoxy groups -OCH3 is 1. The van der Waals surface area contributed by atoms with Gasteiger partial charge in [-0.25, -0.2) is 0 Å². The number of hydrogen-bond acceptors (Lipinski definition) is 4. The Bertz CT molecular complexity index is 477. The third-order valence-electron chi connectivity index (χ3n) is 4.78. The Hall–Kier alpha value is -0.910. The molecule has 0 unspecified atom stereocenters. The summed E-state index contributed by atoms with van der Waals surface area (Å²) in [6.07, 6.45) is 3.20. The summed E-state index contributed by atoms with van der Waals surface area (Å²) in [5, 5.41) is 2.13. The van der Waals surface area contributed by atoms with Gasteiger partial charge < -0.3 is 9.64 Å². The molecule has 2 aliphatic rings. The normalized spacial score (nSPS) is 26.9. The monoisotopic (exact) mass is 308 g/mol. The minimum absolute atomic E-state index is 0.122. The van der Waals surface area contributed by atoms with E-state index in [1.807, 2.05) is 4.90 Å². The molecule has 4 nitrogen and oxygen atoms in total. The predicted octanol–water partition coefficient (Wildman–Crippen LogP) is 2.21. The fourth-order valence-corrected chi connectivity index (χ4v) is 4.42. The number of piperidine rings is 1. The molecule has 1 atom stereocenters. The van der Waals surface area contributed by atoms with Crippen LogP contribution < -0.4 is 0 Å². The molecule has 2 aliphatic heterocycles. The average Bonchev–Trinajstić information content (AvgIpc) is 3.09. The van der Waals surface area contributed by atoms with Crippen LogP contribution in [-0.2, 0) is 16.1 Å². The molecular formula is C16H24N2O2S. The number of likely N-dealkylation sites (tertiary alicyclic amines) is 2. The van der Waals surface area contributed by atoms with Crippen LogP contribution >= 0.6 is 11.3 Å². The minimum atomic E-state index is -0.122. The fourth-order valence-electron chi connectivity index (χ4n) is 3.67. The molecule has 1 spiro atoms. The maximum Gasteiger partial charge on any atom is 0.230 e. The van der Waals surface area contributed by atoms with E-state index in [2.05, 4.69) is 22.4 Å². The lowest BCUT2D eigenvalue weighted by molar-refractivity contribution is -0.139. The van der Waals surface area contributed by atoms with Crippen molar-refractivity contribution >= 4 is 17.2 Å². The Morgan fingerprint density at radius 3 is 3.05 bits per heavy atom. The Kier molecular flexibility index (Phi) is 4.62. The van der Waals surface area contributed by atoms with E-state index in [0.29, 0.717) is 12.5 Å². The van der Waals surface area contributed by atoms with Gasteiger partial charge in [0.1, 0.15) is 0 Å². The highest BCUT2D eigenvalue weighted by Crippen LogP contribution is 2.40. The second-order valence-electron chi connectivity index (χ2n) is 6.21. The van der Waals surface area contributed by atoms with E-state index < -0.39 is 0 Å². The number of thiophene rings is 1. The van der Waals surface area contributed by atoms with Gasteiger partial charge in [-0.15, -0.1) is 11.3 Å². The predicted molar refractivity (Wildman–Crippen MR) is 84.3 cm³/mol. The van der Waals surface area contributed by atoms with Crippen LogP contribution in [0.15, 0.2) is 17.5 Å². The van der Waals surface area contributed by atoms with E-state index in [0.717, 1.165) is 52.0 Å². The molecule has 2 fully saturated rings. The van der Waals surface area contributed by atoms with Gasteiger partial charge in [0, 0.05) is 38.2 Å². The number of amides is 1. The van der Waals surface area contributed by atoms with Gasteiger partial charge in [0.15, 0.2) is 0 Å². The first-order chi connectivity index (χ1) is 10.2. The molecule has 0 radical (unpaired) electrons. The maximum atomic E-state index is 12.8.